The molecule has 0 bridgehead atoms. The van der Waals surface area contributed by atoms with E-state index in [1.54, 1.807) is 0 Å². The number of carboxylic acid groups (broad SMARTS) is 1. The van der Waals surface area contributed by atoms with Crippen molar-refractivity contribution in [1.82, 2.24) is 15.5 Å². The van der Waals surface area contributed by atoms with Crippen molar-refractivity contribution < 1.29 is 24.2 Å². The molecule has 220 valence electrons. The summed E-state index contributed by atoms with van der Waals surface area (Å²) in [6.07, 6.45) is 1.24. The maximum Gasteiger partial charge on any atom is 0.408 e. The first kappa shape index (κ1) is 29.3. The van der Waals surface area contributed by atoms with Crippen LogP contribution in [0.1, 0.15) is 61.6 Å². The Hall–Kier alpha value is -4.17. The van der Waals surface area contributed by atoms with E-state index in [1.165, 1.54) is 5.56 Å². The Morgan fingerprint density at radius 3 is 2.12 bits per heavy atom. The fourth-order valence-electron chi connectivity index (χ4n) is 6.28. The Morgan fingerprint density at radius 2 is 1.52 bits per heavy atom. The lowest BCUT2D eigenvalue weighted by Gasteiger charge is -2.41. The SMILES string of the molecule is CCCC(CC(=O)O)NC(=O)C1(NC(=O)OCC2c3ccccc3-c3ccccc32)CCN(Cc2ccccc2)CC1. The van der Waals surface area contributed by atoms with Gasteiger partial charge in [-0.05, 0) is 47.1 Å². The lowest BCUT2D eigenvalue weighted by Crippen LogP contribution is -2.64. The van der Waals surface area contributed by atoms with Gasteiger partial charge in [0, 0.05) is 31.6 Å². The molecule has 3 aromatic rings. The summed E-state index contributed by atoms with van der Waals surface area (Å²) in [5, 5.41) is 15.3. The van der Waals surface area contributed by atoms with Gasteiger partial charge in [-0.1, -0.05) is 92.2 Å². The number of hydrogen-bond acceptors (Lipinski definition) is 5. The van der Waals surface area contributed by atoms with E-state index in [9.17, 15) is 19.5 Å². The van der Waals surface area contributed by atoms with Crippen LogP contribution in [-0.2, 0) is 20.9 Å². The first-order chi connectivity index (χ1) is 20.4. The zero-order valence-corrected chi connectivity index (χ0v) is 24.1. The van der Waals surface area contributed by atoms with Crippen LogP contribution in [0.5, 0.6) is 0 Å². The van der Waals surface area contributed by atoms with Gasteiger partial charge in [0.2, 0.25) is 5.91 Å². The van der Waals surface area contributed by atoms with Crippen LogP contribution < -0.4 is 10.6 Å². The second-order valence-electron chi connectivity index (χ2n) is 11.4. The second-order valence-corrected chi connectivity index (χ2v) is 11.4. The number of aliphatic carboxylic acids is 1. The van der Waals surface area contributed by atoms with Gasteiger partial charge < -0.3 is 20.5 Å². The first-order valence-electron chi connectivity index (χ1n) is 14.8. The van der Waals surface area contributed by atoms with Crippen LogP contribution in [0.25, 0.3) is 11.1 Å². The van der Waals surface area contributed by atoms with Crippen LogP contribution in [0.2, 0.25) is 0 Å². The van der Waals surface area contributed by atoms with Crippen molar-refractivity contribution in [1.29, 1.82) is 0 Å². The maximum absolute atomic E-state index is 13.8. The van der Waals surface area contributed by atoms with Crippen molar-refractivity contribution >= 4 is 18.0 Å². The van der Waals surface area contributed by atoms with E-state index in [0.29, 0.717) is 32.4 Å². The minimum absolute atomic E-state index is 0.0925. The van der Waals surface area contributed by atoms with Gasteiger partial charge in [0.15, 0.2) is 0 Å². The van der Waals surface area contributed by atoms with Gasteiger partial charge >= 0.3 is 12.1 Å². The van der Waals surface area contributed by atoms with Gasteiger partial charge in [0.05, 0.1) is 6.42 Å². The van der Waals surface area contributed by atoms with Gasteiger partial charge in [0.1, 0.15) is 12.1 Å². The zero-order chi connectivity index (χ0) is 29.5. The van der Waals surface area contributed by atoms with Crippen molar-refractivity contribution in [2.75, 3.05) is 19.7 Å². The van der Waals surface area contributed by atoms with Crippen LogP contribution in [0.3, 0.4) is 0 Å². The van der Waals surface area contributed by atoms with E-state index in [1.807, 2.05) is 49.4 Å². The lowest BCUT2D eigenvalue weighted by atomic mass is 9.85. The molecule has 8 nitrogen and oxygen atoms in total. The molecule has 2 aliphatic rings. The average molecular weight is 570 g/mol. The second kappa shape index (κ2) is 13.2. The summed E-state index contributed by atoms with van der Waals surface area (Å²) in [4.78, 5) is 40.8. The molecule has 42 heavy (non-hydrogen) atoms. The summed E-state index contributed by atoms with van der Waals surface area (Å²) < 4.78 is 5.82. The highest BCUT2D eigenvalue weighted by Gasteiger charge is 2.44. The third-order valence-corrected chi connectivity index (χ3v) is 8.47. The van der Waals surface area contributed by atoms with E-state index < -0.39 is 23.6 Å². The monoisotopic (exact) mass is 569 g/mol. The third-order valence-electron chi connectivity index (χ3n) is 8.47. The topological polar surface area (TPSA) is 108 Å². The molecule has 0 spiro atoms. The van der Waals surface area contributed by atoms with Gasteiger partial charge in [-0.25, -0.2) is 4.79 Å². The molecule has 1 saturated heterocycles. The smallest absolute Gasteiger partial charge is 0.408 e. The molecule has 1 fully saturated rings. The molecule has 0 aromatic heterocycles. The maximum atomic E-state index is 13.8. The van der Waals surface area contributed by atoms with E-state index in [0.717, 1.165) is 35.2 Å². The van der Waals surface area contributed by atoms with Crippen molar-refractivity contribution in [3.05, 3.63) is 95.6 Å². The molecule has 0 radical (unpaired) electrons. The number of nitrogens with zero attached hydrogens (tertiary/aromatic N) is 1. The highest BCUT2D eigenvalue weighted by Crippen LogP contribution is 2.44. The van der Waals surface area contributed by atoms with E-state index in [2.05, 4.69) is 51.9 Å². The van der Waals surface area contributed by atoms with Gasteiger partial charge in [-0.15, -0.1) is 0 Å². The Labute approximate surface area is 247 Å². The molecule has 3 N–H and O–H groups in total. The normalized spacial score (nSPS) is 16.6. The Bertz CT molecular complexity index is 1360. The van der Waals surface area contributed by atoms with Crippen molar-refractivity contribution in [3.8, 4) is 11.1 Å². The predicted octanol–water partition coefficient (Wildman–Crippen LogP) is 5.32. The molecular weight excluding hydrogens is 530 g/mol. The van der Waals surface area contributed by atoms with Gasteiger partial charge in [-0.2, -0.15) is 0 Å². The number of rotatable bonds is 11. The minimum Gasteiger partial charge on any atom is -0.481 e. The molecular formula is C34H39N3O5. The number of carbonyl (C=O) groups excluding carboxylic acids is 2. The van der Waals surface area contributed by atoms with E-state index in [4.69, 9.17) is 4.74 Å². The summed E-state index contributed by atoms with van der Waals surface area (Å²) in [7, 11) is 0. The fourth-order valence-corrected chi connectivity index (χ4v) is 6.28. The standard InChI is InChI=1S/C34H39N3O5/c1-2-10-25(21-31(38)39)35-32(40)34(17-19-37(20-18-34)22-24-11-4-3-5-12-24)36-33(41)42-23-30-28-15-8-6-13-26(28)27-14-7-9-16-29(27)30/h3-9,11-16,25,30H,2,10,17-23H2,1H3,(H,35,40)(H,36,41)(H,38,39). The number of hydrogen-bond donors (Lipinski definition) is 3. The number of alkyl carbamates (subject to hydrolysis) is 1. The number of carboxylic acids is 1. The van der Waals surface area contributed by atoms with E-state index in [-0.39, 0.29) is 24.9 Å². The molecule has 1 aliphatic heterocycles. The van der Waals surface area contributed by atoms with Crippen LogP contribution in [-0.4, -0.2) is 59.3 Å². The number of likely N-dealkylation sites (tertiary alicyclic amines) is 1. The van der Waals surface area contributed by atoms with Crippen LogP contribution in [0.15, 0.2) is 78.9 Å². The molecule has 8 heteroatoms. The summed E-state index contributed by atoms with van der Waals surface area (Å²) in [6.45, 7) is 4.05. The largest absolute Gasteiger partial charge is 0.481 e. The van der Waals surface area contributed by atoms with E-state index >= 15 is 0 Å². The molecule has 1 aliphatic carbocycles. The minimum atomic E-state index is -1.19. The zero-order valence-electron chi connectivity index (χ0n) is 24.1. The number of ether oxygens (including phenoxy) is 1. The number of benzene rings is 3. The Morgan fingerprint density at radius 1 is 0.929 bits per heavy atom. The summed E-state index contributed by atoms with van der Waals surface area (Å²) in [5.41, 5.74) is 4.51. The first-order valence-corrected chi connectivity index (χ1v) is 14.8. The molecule has 0 saturated carbocycles. The molecule has 1 unspecified atom stereocenters. The molecule has 2 amide bonds. The van der Waals surface area contributed by atoms with Gasteiger partial charge in [-0.3, -0.25) is 14.5 Å². The van der Waals surface area contributed by atoms with Gasteiger partial charge in [0.25, 0.3) is 0 Å². The number of piperidine rings is 1. The number of nitrogens with one attached hydrogen (secondary N) is 2. The van der Waals surface area contributed by atoms with Crippen molar-refractivity contribution in [3.63, 3.8) is 0 Å². The summed E-state index contributed by atoms with van der Waals surface area (Å²) in [5.74, 6) is -1.41. The molecule has 1 atom stereocenters. The van der Waals surface area contributed by atoms with Crippen LogP contribution >= 0.6 is 0 Å². The van der Waals surface area contributed by atoms with Crippen LogP contribution in [0, 0.1) is 0 Å². The number of fused-ring (bicyclic) bond motifs is 3. The quantitative estimate of drug-likeness (QED) is 0.289. The summed E-state index contributed by atoms with van der Waals surface area (Å²) >= 11 is 0. The van der Waals surface area contributed by atoms with Crippen molar-refractivity contribution in [2.24, 2.45) is 0 Å². The Balaban J connectivity index is 1.29. The fraction of sp³-hybridized carbons (Fsp3) is 0.382. The number of carbonyl (C=O) groups is 3. The van der Waals surface area contributed by atoms with Crippen LogP contribution in [0.4, 0.5) is 4.79 Å². The molecule has 5 rings (SSSR count). The van der Waals surface area contributed by atoms with Crippen molar-refractivity contribution in [2.45, 2.75) is 63.1 Å². The highest BCUT2D eigenvalue weighted by atomic mass is 16.5. The predicted molar refractivity (Wildman–Crippen MR) is 161 cm³/mol. The summed E-state index contributed by atoms with van der Waals surface area (Å²) in [6, 6.07) is 25.9. The Kier molecular flexibility index (Phi) is 9.22. The highest BCUT2D eigenvalue weighted by molar-refractivity contribution is 5.90. The number of amides is 2. The lowest BCUT2D eigenvalue weighted by molar-refractivity contribution is -0.138. The molecule has 1 heterocycles. The third kappa shape index (κ3) is 6.65. The molecule has 3 aromatic carbocycles. The average Bonchev–Trinajstić information content (AvgIpc) is 3.31.